The molecule has 2 aliphatic rings. The summed E-state index contributed by atoms with van der Waals surface area (Å²) in [6.07, 6.45) is 1.64. The van der Waals surface area contributed by atoms with Crippen LogP contribution >= 0.6 is 11.8 Å². The van der Waals surface area contributed by atoms with Gasteiger partial charge in [-0.3, -0.25) is 4.79 Å². The second kappa shape index (κ2) is 9.22. The molecule has 0 radical (unpaired) electrons. The summed E-state index contributed by atoms with van der Waals surface area (Å²) in [5.74, 6) is 1.13. The van der Waals surface area contributed by atoms with Gasteiger partial charge in [0.25, 0.3) is 0 Å². The minimum absolute atomic E-state index is 0.101. The molecule has 0 aromatic heterocycles. The second-order valence-corrected chi connectivity index (χ2v) is 9.97. The highest BCUT2D eigenvalue weighted by atomic mass is 32.2. The molecule has 170 valence electrons. The van der Waals surface area contributed by atoms with Crippen molar-refractivity contribution in [3.8, 4) is 5.75 Å². The molecule has 3 aromatic rings. The minimum atomic E-state index is -0.270. The average Bonchev–Trinajstić information content (AvgIpc) is 3.15. The number of benzene rings is 3. The van der Waals surface area contributed by atoms with Gasteiger partial charge in [-0.05, 0) is 67.6 Å². The number of hydrogen-bond acceptors (Lipinski definition) is 4. The lowest BCUT2D eigenvalue weighted by atomic mass is 9.74. The van der Waals surface area contributed by atoms with Gasteiger partial charge in [-0.2, -0.15) is 0 Å². The first-order valence-electron chi connectivity index (χ1n) is 11.4. The van der Waals surface area contributed by atoms with E-state index < -0.39 is 0 Å². The Morgan fingerprint density at radius 3 is 2.64 bits per heavy atom. The van der Waals surface area contributed by atoms with Gasteiger partial charge in [0, 0.05) is 27.7 Å². The van der Waals surface area contributed by atoms with Crippen molar-refractivity contribution in [2.45, 2.75) is 44.3 Å². The van der Waals surface area contributed by atoms with E-state index in [0.717, 1.165) is 41.0 Å². The zero-order chi connectivity index (χ0) is 22.9. The van der Waals surface area contributed by atoms with Crippen LogP contribution < -0.4 is 4.74 Å². The highest BCUT2D eigenvalue weighted by Crippen LogP contribution is 2.50. The van der Waals surface area contributed by atoms with Gasteiger partial charge in [0.15, 0.2) is 0 Å². The maximum absolute atomic E-state index is 14.1. The highest BCUT2D eigenvalue weighted by molar-refractivity contribution is 7.99. The van der Waals surface area contributed by atoms with Crippen molar-refractivity contribution in [2.75, 3.05) is 5.75 Å². The normalized spacial score (nSPS) is 21.3. The fourth-order valence-corrected chi connectivity index (χ4v) is 6.22. The lowest BCUT2D eigenvalue weighted by molar-refractivity contribution is -0.144. The van der Waals surface area contributed by atoms with Crippen LogP contribution in [0.3, 0.4) is 0 Å². The first-order chi connectivity index (χ1) is 16.0. The molecule has 1 aliphatic carbocycles. The summed E-state index contributed by atoms with van der Waals surface area (Å²) in [5, 5.41) is 0. The van der Waals surface area contributed by atoms with Crippen LogP contribution in [0.15, 0.2) is 65.6 Å². The van der Waals surface area contributed by atoms with Gasteiger partial charge in [-0.25, -0.2) is 4.39 Å². The maximum Gasteiger partial charge on any atom is 0.310 e. The highest BCUT2D eigenvalue weighted by Gasteiger charge is 2.48. The predicted octanol–water partition coefficient (Wildman–Crippen LogP) is 6.59. The molecule has 1 fully saturated rings. The summed E-state index contributed by atoms with van der Waals surface area (Å²) in [7, 11) is 0. The van der Waals surface area contributed by atoms with Gasteiger partial charge in [0.05, 0.1) is 5.92 Å². The Balaban J connectivity index is 1.39. The largest absolute Gasteiger partial charge is 0.489 e. The quantitative estimate of drug-likeness (QED) is 0.306. The van der Waals surface area contributed by atoms with E-state index in [9.17, 15) is 9.18 Å². The van der Waals surface area contributed by atoms with Crippen LogP contribution in [0.4, 0.5) is 4.39 Å². The molecule has 5 heteroatoms. The third-order valence-corrected chi connectivity index (χ3v) is 8.03. The molecule has 1 heterocycles. The topological polar surface area (TPSA) is 35.5 Å². The Bertz CT molecular complexity index is 1180. The Morgan fingerprint density at radius 2 is 1.85 bits per heavy atom. The third-order valence-electron chi connectivity index (χ3n) is 6.90. The Kier molecular flexibility index (Phi) is 6.15. The van der Waals surface area contributed by atoms with E-state index in [1.165, 1.54) is 16.5 Å². The van der Waals surface area contributed by atoms with Crippen molar-refractivity contribution >= 4 is 17.7 Å². The fourth-order valence-electron chi connectivity index (χ4n) is 5.12. The van der Waals surface area contributed by atoms with E-state index >= 15 is 0 Å². The molecular weight excluding hydrogens is 435 g/mol. The number of esters is 1. The zero-order valence-corrected chi connectivity index (χ0v) is 19.7. The molecule has 1 saturated heterocycles. The molecule has 0 saturated carbocycles. The number of fused-ring (bicyclic) bond motifs is 3. The molecule has 3 nitrogen and oxygen atoms in total. The number of ether oxygens (including phenoxy) is 2. The summed E-state index contributed by atoms with van der Waals surface area (Å²) in [5.41, 5.74) is 5.00. The fraction of sp³-hybridized carbons (Fsp3) is 0.321. The minimum Gasteiger partial charge on any atom is -0.489 e. The van der Waals surface area contributed by atoms with E-state index in [1.807, 2.05) is 37.3 Å². The number of hydrogen-bond donors (Lipinski definition) is 0. The van der Waals surface area contributed by atoms with Gasteiger partial charge in [-0.15, -0.1) is 11.8 Å². The van der Waals surface area contributed by atoms with E-state index in [-0.39, 0.29) is 36.3 Å². The molecule has 0 bridgehead atoms. The number of halogens is 1. The van der Waals surface area contributed by atoms with Crippen LogP contribution in [0.1, 0.15) is 40.3 Å². The van der Waals surface area contributed by atoms with Crippen molar-refractivity contribution in [3.63, 3.8) is 0 Å². The standard InChI is InChI=1S/C28H27FO3S/c1-17-14-25(31-15-19-8-6-7-11-24(19)29)18(2)26-21(17)12-13-22-23(28(30)32-27(22)26)16-33-20-9-4-3-5-10-20/h3-11,14,22-23,27H,12-13,15-16H2,1-2H3/t22-,23?,27+/m0/s1. The third kappa shape index (κ3) is 4.26. The summed E-state index contributed by atoms with van der Waals surface area (Å²) in [6.45, 7) is 4.27. The SMILES string of the molecule is Cc1cc(OCc2ccccc2F)c(C)c2c1CC[C@H]1C(CSc3ccccc3)C(=O)O[C@@H]21. The molecule has 1 unspecified atom stereocenters. The van der Waals surface area contributed by atoms with Gasteiger partial charge in [-0.1, -0.05) is 36.4 Å². The summed E-state index contributed by atoms with van der Waals surface area (Å²) in [4.78, 5) is 14.1. The Labute approximate surface area is 198 Å². The monoisotopic (exact) mass is 462 g/mol. The number of carbonyl (C=O) groups excluding carboxylic acids is 1. The van der Waals surface area contributed by atoms with E-state index in [0.29, 0.717) is 5.56 Å². The molecule has 0 spiro atoms. The zero-order valence-electron chi connectivity index (χ0n) is 18.8. The van der Waals surface area contributed by atoms with Crippen molar-refractivity contribution in [1.82, 2.24) is 0 Å². The molecule has 1 aliphatic heterocycles. The van der Waals surface area contributed by atoms with Crippen LogP contribution in [-0.2, 0) is 22.6 Å². The molecule has 3 atom stereocenters. The van der Waals surface area contributed by atoms with Crippen molar-refractivity contribution in [1.29, 1.82) is 0 Å². The molecule has 3 aromatic carbocycles. The number of rotatable bonds is 6. The van der Waals surface area contributed by atoms with Crippen molar-refractivity contribution in [3.05, 3.63) is 94.3 Å². The number of aryl methyl sites for hydroxylation is 1. The second-order valence-electron chi connectivity index (χ2n) is 8.88. The first-order valence-corrected chi connectivity index (χ1v) is 12.4. The molecule has 0 amide bonds. The number of carbonyl (C=O) groups is 1. The van der Waals surface area contributed by atoms with E-state index in [1.54, 1.807) is 23.9 Å². The van der Waals surface area contributed by atoms with Crippen LogP contribution in [0.2, 0.25) is 0 Å². The average molecular weight is 463 g/mol. The summed E-state index contributed by atoms with van der Waals surface area (Å²) in [6, 6.07) is 18.9. The molecule has 0 N–H and O–H groups in total. The smallest absolute Gasteiger partial charge is 0.310 e. The summed E-state index contributed by atoms with van der Waals surface area (Å²) < 4.78 is 26.1. The lowest BCUT2D eigenvalue weighted by Crippen LogP contribution is -2.25. The predicted molar refractivity (Wildman–Crippen MR) is 128 cm³/mol. The van der Waals surface area contributed by atoms with Gasteiger partial charge in [0.2, 0.25) is 0 Å². The Hall–Kier alpha value is -2.79. The Morgan fingerprint density at radius 1 is 1.09 bits per heavy atom. The van der Waals surface area contributed by atoms with Crippen LogP contribution in [-0.4, -0.2) is 11.7 Å². The molecule has 5 rings (SSSR count). The lowest BCUT2D eigenvalue weighted by Gasteiger charge is -2.31. The van der Waals surface area contributed by atoms with E-state index in [2.05, 4.69) is 19.1 Å². The van der Waals surface area contributed by atoms with Crippen molar-refractivity contribution in [2.24, 2.45) is 11.8 Å². The van der Waals surface area contributed by atoms with Gasteiger partial charge in [0.1, 0.15) is 24.3 Å². The number of thioether (sulfide) groups is 1. The summed E-state index contributed by atoms with van der Waals surface area (Å²) >= 11 is 1.72. The van der Waals surface area contributed by atoms with Crippen LogP contribution in [0.25, 0.3) is 0 Å². The first kappa shape index (κ1) is 22.0. The van der Waals surface area contributed by atoms with E-state index in [4.69, 9.17) is 9.47 Å². The maximum atomic E-state index is 14.1. The van der Waals surface area contributed by atoms with Crippen LogP contribution in [0, 0.1) is 31.5 Å². The van der Waals surface area contributed by atoms with Crippen molar-refractivity contribution < 1.29 is 18.7 Å². The van der Waals surface area contributed by atoms with Gasteiger partial charge >= 0.3 is 5.97 Å². The molecular formula is C28H27FO3S. The molecule has 33 heavy (non-hydrogen) atoms. The van der Waals surface area contributed by atoms with Gasteiger partial charge < -0.3 is 9.47 Å². The van der Waals surface area contributed by atoms with Crippen LogP contribution in [0.5, 0.6) is 5.75 Å².